The van der Waals surface area contributed by atoms with Crippen molar-refractivity contribution in [3.63, 3.8) is 0 Å². The van der Waals surface area contributed by atoms with E-state index in [4.69, 9.17) is 9.82 Å². The Morgan fingerprint density at radius 1 is 1.04 bits per heavy atom. The fourth-order valence-electron chi connectivity index (χ4n) is 4.06. The fourth-order valence-corrected chi connectivity index (χ4v) is 4.06. The summed E-state index contributed by atoms with van der Waals surface area (Å²) in [5, 5.41) is 5.00. The standard InChI is InChI=1S/C22H22N4O2/c27-22-16-8-1-3-10-18(16)23-21-20(17-9-2-4-11-19(17)26(21)22)24-28-15-7-14-25-12-5-6-13-25/h1-4,8-11H,5-7,12-15H2/b24-20+. The lowest BCUT2D eigenvalue weighted by Gasteiger charge is -2.13. The van der Waals surface area contributed by atoms with Gasteiger partial charge in [0.15, 0.2) is 11.5 Å². The molecule has 1 saturated heterocycles. The molecule has 142 valence electrons. The van der Waals surface area contributed by atoms with E-state index in [1.165, 1.54) is 25.9 Å². The first-order valence-corrected chi connectivity index (χ1v) is 9.87. The first-order valence-electron chi connectivity index (χ1n) is 9.87. The van der Waals surface area contributed by atoms with E-state index >= 15 is 0 Å². The molecule has 0 unspecified atom stereocenters. The van der Waals surface area contributed by atoms with Crippen LogP contribution in [0.15, 0.2) is 58.5 Å². The zero-order chi connectivity index (χ0) is 18.9. The van der Waals surface area contributed by atoms with Crippen molar-refractivity contribution >= 4 is 16.6 Å². The third kappa shape index (κ3) is 2.90. The van der Waals surface area contributed by atoms with Gasteiger partial charge in [0.05, 0.1) is 16.6 Å². The van der Waals surface area contributed by atoms with E-state index < -0.39 is 0 Å². The summed E-state index contributed by atoms with van der Waals surface area (Å²) in [6.07, 6.45) is 3.53. The Balaban J connectivity index is 1.46. The third-order valence-electron chi connectivity index (χ3n) is 5.45. The van der Waals surface area contributed by atoms with Gasteiger partial charge in [-0.1, -0.05) is 35.5 Å². The van der Waals surface area contributed by atoms with Gasteiger partial charge < -0.3 is 9.74 Å². The highest BCUT2D eigenvalue weighted by Crippen LogP contribution is 2.26. The average Bonchev–Trinajstić information content (AvgIpc) is 3.35. The normalized spacial score (nSPS) is 17.2. The quantitative estimate of drug-likeness (QED) is 0.398. The number of aromatic nitrogens is 2. The predicted octanol–water partition coefficient (Wildman–Crippen LogP) is 2.95. The lowest BCUT2D eigenvalue weighted by Crippen LogP contribution is -2.22. The Bertz CT molecular complexity index is 1110. The Kier molecular flexibility index (Phi) is 4.41. The molecule has 3 aromatic rings. The number of hydrogen-bond acceptors (Lipinski definition) is 5. The van der Waals surface area contributed by atoms with Crippen LogP contribution in [-0.4, -0.2) is 46.4 Å². The van der Waals surface area contributed by atoms with Gasteiger partial charge in [0.2, 0.25) is 0 Å². The summed E-state index contributed by atoms with van der Waals surface area (Å²) in [6.45, 7) is 3.98. The lowest BCUT2D eigenvalue weighted by atomic mass is 10.1. The second-order valence-electron chi connectivity index (χ2n) is 7.29. The van der Waals surface area contributed by atoms with Gasteiger partial charge in [-0.3, -0.25) is 9.36 Å². The molecule has 3 heterocycles. The molecular formula is C22H22N4O2. The number of fused-ring (bicyclic) bond motifs is 4. The van der Waals surface area contributed by atoms with Gasteiger partial charge in [-0.05, 0) is 50.6 Å². The van der Waals surface area contributed by atoms with Crippen molar-refractivity contribution in [2.45, 2.75) is 19.3 Å². The van der Waals surface area contributed by atoms with E-state index in [2.05, 4.69) is 10.1 Å². The van der Waals surface area contributed by atoms with E-state index in [1.54, 1.807) is 4.57 Å². The molecule has 0 radical (unpaired) electrons. The maximum absolute atomic E-state index is 13.1. The zero-order valence-electron chi connectivity index (χ0n) is 15.7. The number of para-hydroxylation sites is 2. The SMILES string of the molecule is O=c1c2ccccc2nc2n1-c1ccccc1/C2=N\OCCCN1CCCC1. The van der Waals surface area contributed by atoms with Crippen molar-refractivity contribution in [1.29, 1.82) is 0 Å². The summed E-state index contributed by atoms with van der Waals surface area (Å²) in [4.78, 5) is 25.9. The third-order valence-corrected chi connectivity index (χ3v) is 5.45. The first kappa shape index (κ1) is 17.1. The van der Waals surface area contributed by atoms with E-state index in [1.807, 2.05) is 48.5 Å². The molecule has 0 atom stereocenters. The number of hydrogen-bond donors (Lipinski definition) is 0. The molecule has 0 saturated carbocycles. The van der Waals surface area contributed by atoms with Crippen molar-refractivity contribution in [3.8, 4) is 5.69 Å². The van der Waals surface area contributed by atoms with E-state index in [0.29, 0.717) is 29.0 Å². The second kappa shape index (κ2) is 7.20. The van der Waals surface area contributed by atoms with Crippen molar-refractivity contribution < 1.29 is 4.84 Å². The lowest BCUT2D eigenvalue weighted by molar-refractivity contribution is 0.132. The van der Waals surface area contributed by atoms with Crippen LogP contribution in [0.5, 0.6) is 0 Å². The molecule has 6 nitrogen and oxygen atoms in total. The Labute approximate surface area is 163 Å². The first-order chi connectivity index (χ1) is 13.8. The molecule has 2 aliphatic rings. The molecular weight excluding hydrogens is 352 g/mol. The van der Waals surface area contributed by atoms with Gasteiger partial charge in [0.1, 0.15) is 6.61 Å². The zero-order valence-corrected chi connectivity index (χ0v) is 15.7. The molecule has 0 aliphatic carbocycles. The summed E-state index contributed by atoms with van der Waals surface area (Å²) in [7, 11) is 0. The maximum Gasteiger partial charge on any atom is 0.266 e. The summed E-state index contributed by atoms with van der Waals surface area (Å²) < 4.78 is 1.64. The largest absolute Gasteiger partial charge is 0.395 e. The Hall–Kier alpha value is -2.99. The summed E-state index contributed by atoms with van der Waals surface area (Å²) >= 11 is 0. The predicted molar refractivity (Wildman–Crippen MR) is 109 cm³/mol. The maximum atomic E-state index is 13.1. The minimum absolute atomic E-state index is 0.0766. The molecule has 0 bridgehead atoms. The number of likely N-dealkylation sites (tertiary alicyclic amines) is 1. The Morgan fingerprint density at radius 3 is 2.71 bits per heavy atom. The van der Waals surface area contributed by atoms with Gasteiger partial charge in [-0.15, -0.1) is 0 Å². The highest BCUT2D eigenvalue weighted by atomic mass is 16.6. The van der Waals surface area contributed by atoms with Crippen LogP contribution in [0.1, 0.15) is 30.7 Å². The smallest absolute Gasteiger partial charge is 0.266 e. The second-order valence-corrected chi connectivity index (χ2v) is 7.29. The van der Waals surface area contributed by atoms with Crippen LogP contribution >= 0.6 is 0 Å². The number of benzene rings is 2. The van der Waals surface area contributed by atoms with E-state index in [0.717, 1.165) is 24.2 Å². The van der Waals surface area contributed by atoms with Crippen molar-refractivity contribution in [1.82, 2.24) is 14.5 Å². The Morgan fingerprint density at radius 2 is 1.82 bits per heavy atom. The highest BCUT2D eigenvalue weighted by molar-refractivity contribution is 6.16. The van der Waals surface area contributed by atoms with Crippen LogP contribution in [0.25, 0.3) is 16.6 Å². The molecule has 28 heavy (non-hydrogen) atoms. The number of oxime groups is 1. The highest BCUT2D eigenvalue weighted by Gasteiger charge is 2.29. The van der Waals surface area contributed by atoms with Gasteiger partial charge in [0.25, 0.3) is 5.56 Å². The summed E-state index contributed by atoms with van der Waals surface area (Å²) in [5.41, 5.74) is 2.90. The van der Waals surface area contributed by atoms with Crippen LogP contribution in [0.2, 0.25) is 0 Å². The van der Waals surface area contributed by atoms with Crippen LogP contribution in [0.3, 0.4) is 0 Å². The molecule has 0 N–H and O–H groups in total. The molecule has 2 aliphatic heterocycles. The average molecular weight is 374 g/mol. The fraction of sp³-hybridized carbons (Fsp3) is 0.318. The van der Waals surface area contributed by atoms with Crippen molar-refractivity contribution in [2.75, 3.05) is 26.2 Å². The van der Waals surface area contributed by atoms with Crippen LogP contribution in [0, 0.1) is 0 Å². The van der Waals surface area contributed by atoms with Crippen molar-refractivity contribution in [3.05, 3.63) is 70.3 Å². The number of nitrogens with zero attached hydrogens (tertiary/aromatic N) is 4. The minimum Gasteiger partial charge on any atom is -0.395 e. The topological polar surface area (TPSA) is 59.7 Å². The molecule has 0 spiro atoms. The van der Waals surface area contributed by atoms with Crippen LogP contribution < -0.4 is 5.56 Å². The van der Waals surface area contributed by atoms with Gasteiger partial charge in [-0.2, -0.15) is 0 Å². The minimum atomic E-state index is -0.0766. The molecule has 0 amide bonds. The van der Waals surface area contributed by atoms with Crippen molar-refractivity contribution in [2.24, 2.45) is 5.16 Å². The molecule has 2 aromatic carbocycles. The van der Waals surface area contributed by atoms with Gasteiger partial charge >= 0.3 is 0 Å². The van der Waals surface area contributed by atoms with E-state index in [9.17, 15) is 4.79 Å². The van der Waals surface area contributed by atoms with Crippen LogP contribution in [-0.2, 0) is 4.84 Å². The van der Waals surface area contributed by atoms with Gasteiger partial charge in [-0.25, -0.2) is 4.98 Å². The molecule has 5 rings (SSSR count). The summed E-state index contributed by atoms with van der Waals surface area (Å²) in [5.74, 6) is 0.546. The van der Waals surface area contributed by atoms with Gasteiger partial charge in [0, 0.05) is 12.1 Å². The number of rotatable bonds is 5. The summed E-state index contributed by atoms with van der Waals surface area (Å²) in [6, 6.07) is 15.2. The monoisotopic (exact) mass is 374 g/mol. The molecule has 1 aromatic heterocycles. The van der Waals surface area contributed by atoms with Crippen LogP contribution in [0.4, 0.5) is 0 Å². The molecule has 1 fully saturated rings. The van der Waals surface area contributed by atoms with E-state index in [-0.39, 0.29) is 5.56 Å². The molecule has 6 heteroatoms.